The minimum absolute atomic E-state index is 0.0324. The highest BCUT2D eigenvalue weighted by atomic mass is 16.6. The van der Waals surface area contributed by atoms with Crippen molar-refractivity contribution in [1.29, 1.82) is 0 Å². The Kier molecular flexibility index (Phi) is 6.65. The van der Waals surface area contributed by atoms with E-state index in [-0.39, 0.29) is 18.2 Å². The second kappa shape index (κ2) is 10.0. The predicted octanol–water partition coefficient (Wildman–Crippen LogP) is 5.58. The van der Waals surface area contributed by atoms with Gasteiger partial charge < -0.3 is 20.3 Å². The molecule has 1 aliphatic heterocycles. The molecule has 2 aromatic carbocycles. The van der Waals surface area contributed by atoms with Crippen LogP contribution in [0.15, 0.2) is 73.2 Å². The van der Waals surface area contributed by atoms with E-state index in [4.69, 9.17) is 4.74 Å². The van der Waals surface area contributed by atoms with Crippen LogP contribution in [0.25, 0.3) is 22.2 Å². The fourth-order valence-electron chi connectivity index (χ4n) is 4.46. The molecule has 37 heavy (non-hydrogen) atoms. The molecule has 190 valence electrons. The van der Waals surface area contributed by atoms with Crippen molar-refractivity contribution >= 4 is 28.5 Å². The van der Waals surface area contributed by atoms with E-state index in [1.54, 1.807) is 18.6 Å². The summed E-state index contributed by atoms with van der Waals surface area (Å²) < 4.78 is 5.38. The first-order valence-electron chi connectivity index (χ1n) is 12.5. The lowest BCUT2D eigenvalue weighted by Crippen LogP contribution is -2.60. The molecule has 4 aromatic rings. The molecule has 8 heteroatoms. The van der Waals surface area contributed by atoms with Gasteiger partial charge in [0.15, 0.2) is 0 Å². The van der Waals surface area contributed by atoms with Gasteiger partial charge in [-0.1, -0.05) is 18.2 Å². The molecular weight excluding hydrogens is 464 g/mol. The third-order valence-corrected chi connectivity index (χ3v) is 6.21. The molecule has 1 fully saturated rings. The average Bonchev–Trinajstić information content (AvgIpc) is 2.85. The summed E-state index contributed by atoms with van der Waals surface area (Å²) in [5.41, 5.74) is 6.25. The molecular formula is C29H32N6O2. The number of nitrogens with zero attached hydrogens (tertiary/aromatic N) is 4. The Morgan fingerprint density at radius 1 is 1.00 bits per heavy atom. The molecule has 0 radical (unpaired) electrons. The summed E-state index contributed by atoms with van der Waals surface area (Å²) in [6.45, 7) is 9.14. The Morgan fingerprint density at radius 2 is 1.81 bits per heavy atom. The first-order chi connectivity index (χ1) is 17.7. The molecule has 1 saturated heterocycles. The third kappa shape index (κ3) is 5.80. The van der Waals surface area contributed by atoms with Gasteiger partial charge in [-0.3, -0.25) is 15.0 Å². The summed E-state index contributed by atoms with van der Waals surface area (Å²) in [5.74, 6) is 0. The normalized spacial score (nSPS) is 14.6. The molecule has 1 aliphatic rings. The molecule has 8 nitrogen and oxygen atoms in total. The third-order valence-electron chi connectivity index (χ3n) is 6.21. The Morgan fingerprint density at radius 3 is 2.57 bits per heavy atom. The molecule has 1 unspecified atom stereocenters. The number of fused-ring (bicyclic) bond motifs is 1. The van der Waals surface area contributed by atoms with Gasteiger partial charge in [-0.2, -0.15) is 0 Å². The quantitative estimate of drug-likeness (QED) is 0.360. The van der Waals surface area contributed by atoms with Gasteiger partial charge in [0.05, 0.1) is 28.8 Å². The van der Waals surface area contributed by atoms with E-state index >= 15 is 0 Å². The molecule has 1 atom stereocenters. The molecule has 2 aromatic heterocycles. The van der Waals surface area contributed by atoms with Gasteiger partial charge in [-0.15, -0.1) is 0 Å². The van der Waals surface area contributed by atoms with Crippen LogP contribution < -0.4 is 15.5 Å². The molecule has 0 spiro atoms. The van der Waals surface area contributed by atoms with Crippen LogP contribution in [0, 0.1) is 0 Å². The Labute approximate surface area is 217 Å². The fourth-order valence-corrected chi connectivity index (χ4v) is 4.46. The van der Waals surface area contributed by atoms with E-state index in [0.717, 1.165) is 52.3 Å². The van der Waals surface area contributed by atoms with Crippen molar-refractivity contribution in [1.82, 2.24) is 20.3 Å². The van der Waals surface area contributed by atoms with Gasteiger partial charge in [-0.25, -0.2) is 4.79 Å². The smallest absolute Gasteiger partial charge is 0.407 e. The first kappa shape index (κ1) is 24.5. The number of anilines is 2. The van der Waals surface area contributed by atoms with E-state index in [9.17, 15) is 4.79 Å². The van der Waals surface area contributed by atoms with Gasteiger partial charge in [0.1, 0.15) is 5.60 Å². The SMILES string of the molecule is CC(Nc1cc(-c2cccc(N3CC(NC(=O)OC(C)(C)C)C3)c2)c2nccnc2c1)c1ccccn1. The highest BCUT2D eigenvalue weighted by molar-refractivity contribution is 5.95. The number of hydrogen-bond donors (Lipinski definition) is 2. The zero-order valence-electron chi connectivity index (χ0n) is 21.6. The van der Waals surface area contributed by atoms with E-state index in [2.05, 4.69) is 67.7 Å². The zero-order valence-corrected chi connectivity index (χ0v) is 21.6. The predicted molar refractivity (Wildman–Crippen MR) is 147 cm³/mol. The van der Waals surface area contributed by atoms with E-state index in [0.29, 0.717) is 0 Å². The van der Waals surface area contributed by atoms with Crippen LogP contribution in [0.3, 0.4) is 0 Å². The summed E-state index contributed by atoms with van der Waals surface area (Å²) >= 11 is 0. The van der Waals surface area contributed by atoms with Crippen LogP contribution in [0.1, 0.15) is 39.4 Å². The molecule has 0 aliphatic carbocycles. The number of nitrogens with one attached hydrogen (secondary N) is 2. The van der Waals surface area contributed by atoms with Gasteiger partial charge >= 0.3 is 6.09 Å². The maximum Gasteiger partial charge on any atom is 0.407 e. The number of benzene rings is 2. The summed E-state index contributed by atoms with van der Waals surface area (Å²) in [5, 5.41) is 6.52. The van der Waals surface area contributed by atoms with Crippen molar-refractivity contribution in [3.63, 3.8) is 0 Å². The lowest BCUT2D eigenvalue weighted by molar-refractivity contribution is 0.0496. The van der Waals surface area contributed by atoms with Crippen molar-refractivity contribution in [2.45, 2.75) is 45.4 Å². The summed E-state index contributed by atoms with van der Waals surface area (Å²) in [6.07, 6.45) is 4.87. The monoisotopic (exact) mass is 496 g/mol. The molecule has 1 amide bonds. The number of alkyl carbamates (subject to hydrolysis) is 1. The van der Waals surface area contributed by atoms with E-state index < -0.39 is 5.60 Å². The Hall–Kier alpha value is -4.20. The standard InChI is InChI=1S/C29H32N6O2/c1-19(25-10-5-6-11-30-25)33-21-15-24(27-26(16-21)31-12-13-32-27)20-8-7-9-23(14-20)35-17-22(18-35)34-28(36)37-29(2,3)4/h5-16,19,22,33H,17-18H2,1-4H3,(H,34,36). The van der Waals surface area contributed by atoms with Crippen molar-refractivity contribution in [3.05, 3.63) is 78.9 Å². The Balaban J connectivity index is 1.36. The van der Waals surface area contributed by atoms with Crippen molar-refractivity contribution in [3.8, 4) is 11.1 Å². The largest absolute Gasteiger partial charge is 0.444 e. The molecule has 0 bridgehead atoms. The van der Waals surface area contributed by atoms with Crippen molar-refractivity contribution in [2.75, 3.05) is 23.3 Å². The van der Waals surface area contributed by atoms with Crippen LogP contribution in [0.5, 0.6) is 0 Å². The molecule has 5 rings (SSSR count). The van der Waals surface area contributed by atoms with Crippen LogP contribution in [0.4, 0.5) is 16.2 Å². The van der Waals surface area contributed by atoms with Crippen LogP contribution in [0.2, 0.25) is 0 Å². The molecule has 0 saturated carbocycles. The number of amides is 1. The van der Waals surface area contributed by atoms with Crippen LogP contribution >= 0.6 is 0 Å². The van der Waals surface area contributed by atoms with Crippen molar-refractivity contribution in [2.24, 2.45) is 0 Å². The lowest BCUT2D eigenvalue weighted by Gasteiger charge is -2.41. The number of ether oxygens (including phenoxy) is 1. The zero-order chi connectivity index (χ0) is 26.0. The maximum absolute atomic E-state index is 12.1. The maximum atomic E-state index is 12.1. The number of pyridine rings is 1. The van der Waals surface area contributed by atoms with Crippen LogP contribution in [-0.2, 0) is 4.74 Å². The van der Waals surface area contributed by atoms with Gasteiger partial charge in [-0.05, 0) is 69.7 Å². The first-order valence-corrected chi connectivity index (χ1v) is 12.5. The number of hydrogen-bond acceptors (Lipinski definition) is 7. The molecule has 3 heterocycles. The van der Waals surface area contributed by atoms with E-state index in [1.165, 1.54) is 0 Å². The average molecular weight is 497 g/mol. The Bertz CT molecular complexity index is 1400. The number of rotatable bonds is 6. The number of aromatic nitrogens is 3. The fraction of sp³-hybridized carbons (Fsp3) is 0.310. The highest BCUT2D eigenvalue weighted by Gasteiger charge is 2.30. The minimum atomic E-state index is -0.508. The van der Waals surface area contributed by atoms with E-state index in [1.807, 2.05) is 45.0 Å². The van der Waals surface area contributed by atoms with Crippen molar-refractivity contribution < 1.29 is 9.53 Å². The topological polar surface area (TPSA) is 92.3 Å². The second-order valence-electron chi connectivity index (χ2n) is 10.4. The minimum Gasteiger partial charge on any atom is -0.444 e. The number of carbonyl (C=O) groups is 1. The van der Waals surface area contributed by atoms with Gasteiger partial charge in [0.25, 0.3) is 0 Å². The highest BCUT2D eigenvalue weighted by Crippen LogP contribution is 2.34. The summed E-state index contributed by atoms with van der Waals surface area (Å²) in [4.78, 5) is 28.0. The molecule has 2 N–H and O–H groups in total. The second-order valence-corrected chi connectivity index (χ2v) is 10.4. The van der Waals surface area contributed by atoms with Gasteiger partial charge in [0, 0.05) is 48.6 Å². The summed E-state index contributed by atoms with van der Waals surface area (Å²) in [7, 11) is 0. The lowest BCUT2D eigenvalue weighted by atomic mass is 10.00. The summed E-state index contributed by atoms with van der Waals surface area (Å²) in [6, 6.07) is 18.6. The van der Waals surface area contributed by atoms with Gasteiger partial charge in [0.2, 0.25) is 0 Å². The number of carbonyl (C=O) groups excluding carboxylic acids is 1. The van der Waals surface area contributed by atoms with Crippen LogP contribution in [-0.4, -0.2) is 45.8 Å².